The van der Waals surface area contributed by atoms with E-state index in [0.29, 0.717) is 17.6 Å². The number of hydrogen-bond donors (Lipinski definition) is 1. The van der Waals surface area contributed by atoms with Crippen molar-refractivity contribution in [3.05, 3.63) is 47.8 Å². The van der Waals surface area contributed by atoms with Crippen molar-refractivity contribution in [1.82, 2.24) is 10.2 Å². The molecular formula is C15H13F3N2O3. The van der Waals surface area contributed by atoms with E-state index < -0.39 is 12.0 Å². The third-order valence-electron chi connectivity index (χ3n) is 3.81. The van der Waals surface area contributed by atoms with Crippen molar-refractivity contribution in [2.75, 3.05) is 0 Å². The van der Waals surface area contributed by atoms with Crippen LogP contribution in [0.4, 0.5) is 13.2 Å². The second-order valence-corrected chi connectivity index (χ2v) is 5.29. The molecule has 1 aromatic carbocycles. The molecule has 2 aromatic rings. The first-order valence-corrected chi connectivity index (χ1v) is 6.93. The zero-order chi connectivity index (χ0) is 16.5. The summed E-state index contributed by atoms with van der Waals surface area (Å²) in [7, 11) is 0. The van der Waals surface area contributed by atoms with Crippen molar-refractivity contribution in [1.29, 1.82) is 0 Å². The predicted molar refractivity (Wildman–Crippen MR) is 72.4 cm³/mol. The van der Waals surface area contributed by atoms with Gasteiger partial charge in [0.1, 0.15) is 5.75 Å². The molecule has 3 rings (SSSR count). The maximum atomic E-state index is 12.4. The number of carbonyl (C=O) groups excluding carboxylic acids is 1. The molecule has 1 unspecified atom stereocenters. The van der Waals surface area contributed by atoms with E-state index in [1.54, 1.807) is 12.3 Å². The number of H-pyrrole nitrogens is 1. The Bertz CT molecular complexity index is 684. The van der Waals surface area contributed by atoms with E-state index >= 15 is 0 Å². The molecule has 0 spiro atoms. The van der Waals surface area contributed by atoms with Crippen molar-refractivity contribution in [2.24, 2.45) is 5.92 Å². The Morgan fingerprint density at radius 2 is 2.04 bits per heavy atom. The van der Waals surface area contributed by atoms with Crippen LogP contribution in [0.2, 0.25) is 0 Å². The average molecular weight is 326 g/mol. The van der Waals surface area contributed by atoms with Crippen LogP contribution in [0.15, 0.2) is 36.7 Å². The Kier molecular flexibility index (Phi) is 3.75. The summed E-state index contributed by atoms with van der Waals surface area (Å²) in [5.41, 5.74) is -0.175. The monoisotopic (exact) mass is 326 g/mol. The molecule has 0 bridgehead atoms. The van der Waals surface area contributed by atoms with Gasteiger partial charge in [0.15, 0.2) is 5.60 Å². The molecule has 122 valence electrons. The quantitative estimate of drug-likeness (QED) is 0.828. The number of alkyl halides is 3. The number of ether oxygens (including phenoxy) is 2. The van der Waals surface area contributed by atoms with Crippen molar-refractivity contribution in [3.63, 3.8) is 0 Å². The largest absolute Gasteiger partial charge is 0.573 e. The van der Waals surface area contributed by atoms with Crippen LogP contribution in [0.1, 0.15) is 24.0 Å². The number of rotatable bonds is 6. The van der Waals surface area contributed by atoms with Gasteiger partial charge in [0.25, 0.3) is 6.47 Å². The molecule has 1 atom stereocenters. The van der Waals surface area contributed by atoms with Crippen LogP contribution >= 0.6 is 0 Å². The van der Waals surface area contributed by atoms with Gasteiger partial charge in [-0.05, 0) is 25.0 Å². The maximum Gasteiger partial charge on any atom is 0.573 e. The molecule has 1 heterocycles. The van der Waals surface area contributed by atoms with Crippen LogP contribution < -0.4 is 4.74 Å². The van der Waals surface area contributed by atoms with Crippen LogP contribution in [0, 0.1) is 5.92 Å². The molecule has 23 heavy (non-hydrogen) atoms. The summed E-state index contributed by atoms with van der Waals surface area (Å²) in [6.45, 7) is 0.308. The smallest absolute Gasteiger partial charge is 0.451 e. The van der Waals surface area contributed by atoms with Crippen molar-refractivity contribution >= 4 is 6.47 Å². The molecule has 0 amide bonds. The minimum atomic E-state index is -4.79. The fraction of sp³-hybridized carbons (Fsp3) is 0.333. The third-order valence-corrected chi connectivity index (χ3v) is 3.81. The van der Waals surface area contributed by atoms with Gasteiger partial charge in [0.2, 0.25) is 0 Å². The van der Waals surface area contributed by atoms with Crippen LogP contribution in [0.25, 0.3) is 0 Å². The first kappa shape index (κ1) is 15.4. The highest BCUT2D eigenvalue weighted by Gasteiger charge is 2.51. The molecule has 1 fully saturated rings. The number of benzene rings is 1. The lowest BCUT2D eigenvalue weighted by Gasteiger charge is -2.32. The van der Waals surface area contributed by atoms with Gasteiger partial charge >= 0.3 is 6.36 Å². The lowest BCUT2D eigenvalue weighted by Crippen LogP contribution is -2.33. The summed E-state index contributed by atoms with van der Waals surface area (Å²) in [5, 5.41) is 6.50. The number of aromatic amines is 1. The van der Waals surface area contributed by atoms with Crippen LogP contribution in [-0.2, 0) is 15.1 Å². The second-order valence-electron chi connectivity index (χ2n) is 5.29. The Labute approximate surface area is 129 Å². The minimum absolute atomic E-state index is 0.0218. The summed E-state index contributed by atoms with van der Waals surface area (Å²) in [6, 6.07) is 5.48. The summed E-state index contributed by atoms with van der Waals surface area (Å²) in [4.78, 5) is 11.1. The van der Waals surface area contributed by atoms with Gasteiger partial charge < -0.3 is 9.47 Å². The van der Waals surface area contributed by atoms with E-state index in [-0.39, 0.29) is 11.7 Å². The van der Waals surface area contributed by atoms with E-state index in [4.69, 9.17) is 4.74 Å². The van der Waals surface area contributed by atoms with Crippen molar-refractivity contribution < 1.29 is 27.4 Å². The fourth-order valence-electron chi connectivity index (χ4n) is 2.81. The molecule has 1 aromatic heterocycles. The topological polar surface area (TPSA) is 64.2 Å². The molecule has 1 aliphatic carbocycles. The fourth-order valence-corrected chi connectivity index (χ4v) is 2.81. The maximum absolute atomic E-state index is 12.4. The number of hydrogen-bond acceptors (Lipinski definition) is 4. The highest BCUT2D eigenvalue weighted by Crippen LogP contribution is 2.52. The van der Waals surface area contributed by atoms with E-state index in [1.165, 1.54) is 24.4 Å². The molecule has 1 aliphatic rings. The minimum Gasteiger partial charge on any atom is -0.451 e. The lowest BCUT2D eigenvalue weighted by molar-refractivity contribution is -0.274. The van der Waals surface area contributed by atoms with E-state index in [1.807, 2.05) is 0 Å². The molecule has 0 saturated heterocycles. The molecule has 5 nitrogen and oxygen atoms in total. The molecule has 1 saturated carbocycles. The molecule has 1 N–H and O–H groups in total. The van der Waals surface area contributed by atoms with E-state index in [0.717, 1.165) is 12.8 Å². The van der Waals surface area contributed by atoms with Gasteiger partial charge in [-0.3, -0.25) is 9.89 Å². The van der Waals surface area contributed by atoms with Gasteiger partial charge in [0, 0.05) is 23.2 Å². The zero-order valence-electron chi connectivity index (χ0n) is 11.8. The number of nitrogens with one attached hydrogen (secondary N) is 1. The Morgan fingerprint density at radius 3 is 2.61 bits per heavy atom. The van der Waals surface area contributed by atoms with Gasteiger partial charge in [-0.25, -0.2) is 0 Å². The summed E-state index contributed by atoms with van der Waals surface area (Å²) < 4.78 is 46.7. The molecular weight excluding hydrogens is 313 g/mol. The van der Waals surface area contributed by atoms with Crippen LogP contribution in [0.5, 0.6) is 5.75 Å². The number of carbonyl (C=O) groups is 1. The third kappa shape index (κ3) is 3.01. The molecule has 0 aliphatic heterocycles. The number of halogens is 3. The number of aromatic nitrogens is 2. The summed E-state index contributed by atoms with van der Waals surface area (Å²) in [5.74, 6) is -0.385. The highest BCUT2D eigenvalue weighted by molar-refractivity contribution is 5.47. The normalized spacial score (nSPS) is 17.3. The van der Waals surface area contributed by atoms with Crippen LogP contribution in [0.3, 0.4) is 0 Å². The average Bonchev–Trinajstić information content (AvgIpc) is 3.18. The highest BCUT2D eigenvalue weighted by atomic mass is 19.4. The Morgan fingerprint density at radius 1 is 1.26 bits per heavy atom. The Hall–Kier alpha value is -2.51. The molecule has 8 heteroatoms. The van der Waals surface area contributed by atoms with Crippen LogP contribution in [-0.4, -0.2) is 23.0 Å². The second kappa shape index (κ2) is 5.60. The predicted octanol–water partition coefficient (Wildman–Crippen LogP) is 3.13. The van der Waals surface area contributed by atoms with Gasteiger partial charge in [0.05, 0.1) is 6.20 Å². The first-order valence-electron chi connectivity index (χ1n) is 6.93. The van der Waals surface area contributed by atoms with E-state index in [9.17, 15) is 18.0 Å². The van der Waals surface area contributed by atoms with Crippen molar-refractivity contribution in [3.8, 4) is 5.75 Å². The van der Waals surface area contributed by atoms with Gasteiger partial charge in [-0.2, -0.15) is 5.10 Å². The standard InChI is InChI=1S/C15H13F3N2O3/c16-15(17,18)23-13-3-1-2-11(6-13)14(22-9-21,10-4-5-10)12-7-19-20-8-12/h1-3,6-10H,4-5H2,(H,19,20). The number of nitrogens with zero attached hydrogens (tertiary/aromatic N) is 1. The lowest BCUT2D eigenvalue weighted by atomic mass is 9.83. The van der Waals surface area contributed by atoms with Gasteiger partial charge in [-0.1, -0.05) is 12.1 Å². The van der Waals surface area contributed by atoms with Gasteiger partial charge in [-0.15, -0.1) is 13.2 Å². The zero-order valence-corrected chi connectivity index (χ0v) is 11.8. The van der Waals surface area contributed by atoms with E-state index in [2.05, 4.69) is 14.9 Å². The summed E-state index contributed by atoms with van der Waals surface area (Å²) >= 11 is 0. The summed E-state index contributed by atoms with van der Waals surface area (Å²) in [6.07, 6.45) is -0.132. The SMILES string of the molecule is O=COC(c1cn[nH]c1)(c1cccc(OC(F)(F)F)c1)C1CC1. The van der Waals surface area contributed by atoms with Crippen molar-refractivity contribution in [2.45, 2.75) is 24.8 Å². The Balaban J connectivity index is 2.07. The first-order chi connectivity index (χ1) is 11.0. The molecule has 0 radical (unpaired) electrons.